The Kier molecular flexibility index (Phi) is 5.23. The minimum Gasteiger partial charge on any atom is -0.496 e. The Bertz CT molecular complexity index is 382. The molecular formula is C16H26N2O. The van der Waals surface area contributed by atoms with Crippen LogP contribution in [0.25, 0.3) is 0 Å². The van der Waals surface area contributed by atoms with Crippen LogP contribution in [-0.2, 0) is 6.54 Å². The van der Waals surface area contributed by atoms with Gasteiger partial charge in [0, 0.05) is 24.2 Å². The number of ether oxygens (including phenoxy) is 1. The fourth-order valence-corrected chi connectivity index (χ4v) is 2.75. The fraction of sp³-hybridized carbons (Fsp3) is 0.625. The Morgan fingerprint density at radius 3 is 2.42 bits per heavy atom. The van der Waals surface area contributed by atoms with Crippen molar-refractivity contribution in [1.82, 2.24) is 10.2 Å². The SMILES string of the molecule is COc1ccccc1CN1CCC(C)NC(C)CC1. The van der Waals surface area contributed by atoms with E-state index >= 15 is 0 Å². The van der Waals surface area contributed by atoms with Crippen molar-refractivity contribution < 1.29 is 4.74 Å². The van der Waals surface area contributed by atoms with Crippen LogP contribution in [-0.4, -0.2) is 37.2 Å². The summed E-state index contributed by atoms with van der Waals surface area (Å²) < 4.78 is 5.45. The van der Waals surface area contributed by atoms with Crippen LogP contribution in [0.15, 0.2) is 24.3 Å². The molecule has 0 bridgehead atoms. The molecule has 1 aromatic rings. The minimum absolute atomic E-state index is 0.607. The van der Waals surface area contributed by atoms with Crippen LogP contribution >= 0.6 is 0 Å². The van der Waals surface area contributed by atoms with Crippen LogP contribution in [0.5, 0.6) is 5.75 Å². The molecule has 2 atom stereocenters. The van der Waals surface area contributed by atoms with E-state index < -0.39 is 0 Å². The number of rotatable bonds is 3. The molecule has 0 aliphatic carbocycles. The number of nitrogens with one attached hydrogen (secondary N) is 1. The highest BCUT2D eigenvalue weighted by Crippen LogP contribution is 2.20. The Morgan fingerprint density at radius 1 is 1.16 bits per heavy atom. The molecule has 3 nitrogen and oxygen atoms in total. The first-order valence-electron chi connectivity index (χ1n) is 7.29. The van der Waals surface area contributed by atoms with Crippen molar-refractivity contribution in [3.05, 3.63) is 29.8 Å². The molecule has 0 saturated carbocycles. The number of nitrogens with zero attached hydrogens (tertiary/aromatic N) is 1. The molecule has 0 aromatic heterocycles. The highest BCUT2D eigenvalue weighted by molar-refractivity contribution is 5.33. The van der Waals surface area contributed by atoms with E-state index in [1.54, 1.807) is 7.11 Å². The van der Waals surface area contributed by atoms with Crippen LogP contribution in [0, 0.1) is 0 Å². The molecule has 0 radical (unpaired) electrons. The van der Waals surface area contributed by atoms with Gasteiger partial charge in [-0.2, -0.15) is 0 Å². The Labute approximate surface area is 116 Å². The van der Waals surface area contributed by atoms with Gasteiger partial charge in [-0.05, 0) is 45.8 Å². The van der Waals surface area contributed by atoms with Gasteiger partial charge < -0.3 is 10.1 Å². The molecule has 1 N–H and O–H groups in total. The van der Waals surface area contributed by atoms with Gasteiger partial charge >= 0.3 is 0 Å². The first kappa shape index (κ1) is 14.4. The summed E-state index contributed by atoms with van der Waals surface area (Å²) in [7, 11) is 1.75. The van der Waals surface area contributed by atoms with Crippen molar-refractivity contribution in [3.8, 4) is 5.75 Å². The molecule has 2 rings (SSSR count). The van der Waals surface area contributed by atoms with Gasteiger partial charge in [-0.1, -0.05) is 18.2 Å². The lowest BCUT2D eigenvalue weighted by Crippen LogP contribution is -2.42. The van der Waals surface area contributed by atoms with Crippen molar-refractivity contribution >= 4 is 0 Å². The van der Waals surface area contributed by atoms with Gasteiger partial charge in [0.2, 0.25) is 0 Å². The number of hydrogen-bond donors (Lipinski definition) is 1. The van der Waals surface area contributed by atoms with Gasteiger partial charge in [0.25, 0.3) is 0 Å². The van der Waals surface area contributed by atoms with E-state index in [0.29, 0.717) is 12.1 Å². The number of methoxy groups -OCH3 is 1. The van der Waals surface area contributed by atoms with Crippen LogP contribution in [0.1, 0.15) is 32.3 Å². The molecule has 3 heteroatoms. The second-order valence-electron chi connectivity index (χ2n) is 5.63. The van der Waals surface area contributed by atoms with Gasteiger partial charge in [-0.15, -0.1) is 0 Å². The van der Waals surface area contributed by atoms with E-state index in [2.05, 4.69) is 36.2 Å². The molecule has 1 aliphatic rings. The minimum atomic E-state index is 0.607. The van der Waals surface area contributed by atoms with Crippen LogP contribution in [0.4, 0.5) is 0 Å². The quantitative estimate of drug-likeness (QED) is 0.906. The first-order valence-corrected chi connectivity index (χ1v) is 7.29. The summed E-state index contributed by atoms with van der Waals surface area (Å²) in [5.74, 6) is 1.00. The molecule has 19 heavy (non-hydrogen) atoms. The van der Waals surface area contributed by atoms with E-state index in [-0.39, 0.29) is 0 Å². The normalized spacial score (nSPS) is 25.6. The Morgan fingerprint density at radius 2 is 1.79 bits per heavy atom. The Hall–Kier alpha value is -1.06. The lowest BCUT2D eigenvalue weighted by atomic mass is 10.1. The average molecular weight is 262 g/mol. The lowest BCUT2D eigenvalue weighted by Gasteiger charge is -2.31. The number of benzene rings is 1. The number of para-hydroxylation sites is 1. The second kappa shape index (κ2) is 6.92. The molecule has 1 saturated heterocycles. The van der Waals surface area contributed by atoms with Crippen LogP contribution in [0.2, 0.25) is 0 Å². The van der Waals surface area contributed by atoms with E-state index in [9.17, 15) is 0 Å². The zero-order valence-corrected chi connectivity index (χ0v) is 12.4. The summed E-state index contributed by atoms with van der Waals surface area (Å²) in [6, 6.07) is 9.55. The molecule has 0 amide bonds. The third-order valence-corrected chi connectivity index (χ3v) is 3.91. The molecule has 0 spiro atoms. The second-order valence-corrected chi connectivity index (χ2v) is 5.63. The summed E-state index contributed by atoms with van der Waals surface area (Å²) in [5.41, 5.74) is 1.29. The third-order valence-electron chi connectivity index (χ3n) is 3.91. The molecule has 1 aliphatic heterocycles. The summed E-state index contributed by atoms with van der Waals surface area (Å²) in [4.78, 5) is 2.55. The Balaban J connectivity index is 2.00. The zero-order chi connectivity index (χ0) is 13.7. The average Bonchev–Trinajstić information content (AvgIpc) is 2.40. The van der Waals surface area contributed by atoms with Gasteiger partial charge in [-0.3, -0.25) is 4.90 Å². The maximum Gasteiger partial charge on any atom is 0.123 e. The van der Waals surface area contributed by atoms with E-state index in [4.69, 9.17) is 4.74 Å². The van der Waals surface area contributed by atoms with E-state index in [0.717, 1.165) is 25.4 Å². The molecule has 1 fully saturated rings. The number of hydrogen-bond acceptors (Lipinski definition) is 3. The standard InChI is InChI=1S/C16H26N2O/c1-13-8-10-18(11-9-14(2)17-13)12-15-6-4-5-7-16(15)19-3/h4-7,13-14,17H,8-12H2,1-3H3. The summed E-state index contributed by atoms with van der Waals surface area (Å²) in [5, 5.41) is 3.64. The molecular weight excluding hydrogens is 236 g/mol. The lowest BCUT2D eigenvalue weighted by molar-refractivity contribution is 0.210. The first-order chi connectivity index (χ1) is 9.19. The van der Waals surface area contributed by atoms with Gasteiger partial charge in [0.1, 0.15) is 5.75 Å². The van der Waals surface area contributed by atoms with Crippen LogP contribution in [0.3, 0.4) is 0 Å². The van der Waals surface area contributed by atoms with Gasteiger partial charge in [-0.25, -0.2) is 0 Å². The van der Waals surface area contributed by atoms with Gasteiger partial charge in [0.15, 0.2) is 0 Å². The maximum atomic E-state index is 5.45. The largest absolute Gasteiger partial charge is 0.496 e. The van der Waals surface area contributed by atoms with Crippen molar-refractivity contribution in [2.45, 2.75) is 45.3 Å². The molecule has 1 heterocycles. The summed E-state index contributed by atoms with van der Waals surface area (Å²) in [6.07, 6.45) is 2.42. The van der Waals surface area contributed by atoms with Crippen molar-refractivity contribution in [1.29, 1.82) is 0 Å². The topological polar surface area (TPSA) is 24.5 Å². The highest BCUT2D eigenvalue weighted by Gasteiger charge is 2.16. The molecule has 1 aromatic carbocycles. The van der Waals surface area contributed by atoms with Crippen LogP contribution < -0.4 is 10.1 Å². The highest BCUT2D eigenvalue weighted by atomic mass is 16.5. The van der Waals surface area contributed by atoms with Gasteiger partial charge in [0.05, 0.1) is 7.11 Å². The molecule has 106 valence electrons. The smallest absolute Gasteiger partial charge is 0.123 e. The summed E-state index contributed by atoms with van der Waals surface area (Å²) in [6.45, 7) is 7.85. The fourth-order valence-electron chi connectivity index (χ4n) is 2.75. The molecule has 2 unspecified atom stereocenters. The predicted molar refractivity (Wildman–Crippen MR) is 79.6 cm³/mol. The zero-order valence-electron chi connectivity index (χ0n) is 12.4. The predicted octanol–water partition coefficient (Wildman–Crippen LogP) is 2.66. The van der Waals surface area contributed by atoms with Crippen molar-refractivity contribution in [2.24, 2.45) is 0 Å². The summed E-state index contributed by atoms with van der Waals surface area (Å²) >= 11 is 0. The van der Waals surface area contributed by atoms with E-state index in [1.165, 1.54) is 18.4 Å². The maximum absolute atomic E-state index is 5.45. The van der Waals surface area contributed by atoms with Crippen molar-refractivity contribution in [2.75, 3.05) is 20.2 Å². The van der Waals surface area contributed by atoms with E-state index in [1.807, 2.05) is 12.1 Å². The monoisotopic (exact) mass is 262 g/mol. The van der Waals surface area contributed by atoms with Crippen molar-refractivity contribution in [3.63, 3.8) is 0 Å². The third kappa shape index (κ3) is 4.22.